The molecule has 90 valence electrons. The van der Waals surface area contributed by atoms with E-state index in [9.17, 15) is 0 Å². The molecule has 0 bridgehead atoms. The van der Waals surface area contributed by atoms with Gasteiger partial charge in [0.2, 0.25) is 0 Å². The molecule has 0 amide bonds. The molecule has 1 rings (SSSR count). The summed E-state index contributed by atoms with van der Waals surface area (Å²) in [7, 11) is 1.99. The highest BCUT2D eigenvalue weighted by molar-refractivity contribution is 6.42. The van der Waals surface area contributed by atoms with Crippen LogP contribution in [-0.4, -0.2) is 13.1 Å². The van der Waals surface area contributed by atoms with Crippen molar-refractivity contribution in [3.05, 3.63) is 33.8 Å². The Balaban J connectivity index is 3.03. The van der Waals surface area contributed by atoms with Gasteiger partial charge in [0, 0.05) is 6.04 Å². The fourth-order valence-corrected chi connectivity index (χ4v) is 2.71. The summed E-state index contributed by atoms with van der Waals surface area (Å²) in [4.78, 5) is 0. The van der Waals surface area contributed by atoms with Crippen LogP contribution < -0.4 is 5.32 Å². The van der Waals surface area contributed by atoms with Gasteiger partial charge in [-0.15, -0.1) is 0 Å². The fraction of sp³-hybridized carbons (Fsp3) is 0.538. The van der Waals surface area contributed by atoms with E-state index >= 15 is 0 Å². The second-order valence-corrected chi connectivity index (χ2v) is 5.28. The van der Waals surface area contributed by atoms with Crippen LogP contribution in [-0.2, 0) is 0 Å². The summed E-state index contributed by atoms with van der Waals surface area (Å²) in [6, 6.07) is 6.22. The molecule has 0 aliphatic heterocycles. The molecular weight excluding hydrogens is 241 g/mol. The van der Waals surface area contributed by atoms with Crippen LogP contribution in [0.4, 0.5) is 0 Å². The average Bonchev–Trinajstić information content (AvgIpc) is 2.22. The number of benzene rings is 1. The van der Waals surface area contributed by atoms with Gasteiger partial charge in [-0.3, -0.25) is 0 Å². The molecule has 0 heterocycles. The Morgan fingerprint density at radius 1 is 1.12 bits per heavy atom. The molecule has 1 aromatic rings. The summed E-state index contributed by atoms with van der Waals surface area (Å²) < 4.78 is 0. The van der Waals surface area contributed by atoms with Gasteiger partial charge in [0.1, 0.15) is 0 Å². The van der Waals surface area contributed by atoms with Crippen molar-refractivity contribution in [2.75, 3.05) is 7.05 Å². The molecule has 2 unspecified atom stereocenters. The minimum atomic E-state index is 0.344. The van der Waals surface area contributed by atoms with Crippen LogP contribution >= 0.6 is 23.2 Å². The van der Waals surface area contributed by atoms with E-state index in [1.165, 1.54) is 0 Å². The maximum Gasteiger partial charge on any atom is 0.0627 e. The predicted molar refractivity (Wildman–Crippen MR) is 72.6 cm³/mol. The Bertz CT molecular complexity index is 350. The van der Waals surface area contributed by atoms with Gasteiger partial charge >= 0.3 is 0 Å². The van der Waals surface area contributed by atoms with Crippen molar-refractivity contribution in [1.82, 2.24) is 5.32 Å². The predicted octanol–water partition coefficient (Wildman–Crippen LogP) is 4.34. The smallest absolute Gasteiger partial charge is 0.0627 e. The highest BCUT2D eigenvalue weighted by atomic mass is 35.5. The second-order valence-electron chi connectivity index (χ2n) is 4.49. The van der Waals surface area contributed by atoms with E-state index in [0.29, 0.717) is 27.9 Å². The zero-order valence-corrected chi connectivity index (χ0v) is 11.7. The van der Waals surface area contributed by atoms with Crippen LogP contribution in [0.1, 0.15) is 32.3 Å². The van der Waals surface area contributed by atoms with Crippen molar-refractivity contribution in [3.8, 4) is 0 Å². The van der Waals surface area contributed by atoms with E-state index in [2.05, 4.69) is 26.1 Å². The molecule has 2 atom stereocenters. The standard InChI is InChI=1S/C13H19Cl2N/c1-8(2)13(16-4)9(3)10-6-5-7-11(14)12(10)15/h5-9,13,16H,1-4H3. The first-order valence-electron chi connectivity index (χ1n) is 5.60. The molecule has 0 radical (unpaired) electrons. The Kier molecular flexibility index (Phi) is 5.10. The Morgan fingerprint density at radius 2 is 1.75 bits per heavy atom. The summed E-state index contributed by atoms with van der Waals surface area (Å²) >= 11 is 12.3. The van der Waals surface area contributed by atoms with Crippen molar-refractivity contribution >= 4 is 23.2 Å². The van der Waals surface area contributed by atoms with E-state index < -0.39 is 0 Å². The number of nitrogens with one attached hydrogen (secondary N) is 1. The lowest BCUT2D eigenvalue weighted by Gasteiger charge is -2.28. The third-order valence-corrected chi connectivity index (χ3v) is 3.90. The lowest BCUT2D eigenvalue weighted by atomic mass is 9.86. The Labute approximate surface area is 108 Å². The normalized spacial score (nSPS) is 15.2. The lowest BCUT2D eigenvalue weighted by molar-refractivity contribution is 0.376. The minimum Gasteiger partial charge on any atom is -0.316 e. The SMILES string of the molecule is CNC(C(C)C)C(C)c1cccc(Cl)c1Cl. The Hall–Kier alpha value is -0.240. The summed E-state index contributed by atoms with van der Waals surface area (Å²) in [6.45, 7) is 6.59. The van der Waals surface area contributed by atoms with Gasteiger partial charge in [-0.2, -0.15) is 0 Å². The molecule has 16 heavy (non-hydrogen) atoms. The van der Waals surface area contributed by atoms with Crippen molar-refractivity contribution < 1.29 is 0 Å². The first-order valence-corrected chi connectivity index (χ1v) is 6.35. The molecule has 0 spiro atoms. The monoisotopic (exact) mass is 259 g/mol. The third kappa shape index (κ3) is 2.91. The van der Waals surface area contributed by atoms with Gasteiger partial charge in [-0.1, -0.05) is 56.1 Å². The van der Waals surface area contributed by atoms with Gasteiger partial charge in [-0.05, 0) is 30.5 Å². The number of likely N-dealkylation sites (N-methyl/N-ethyl adjacent to an activating group) is 1. The van der Waals surface area contributed by atoms with Gasteiger partial charge in [0.25, 0.3) is 0 Å². The van der Waals surface area contributed by atoms with E-state index in [4.69, 9.17) is 23.2 Å². The highest BCUT2D eigenvalue weighted by Crippen LogP contribution is 2.33. The molecule has 3 heteroatoms. The lowest BCUT2D eigenvalue weighted by Crippen LogP contribution is -2.35. The molecule has 0 aromatic heterocycles. The maximum atomic E-state index is 6.23. The highest BCUT2D eigenvalue weighted by Gasteiger charge is 2.22. The molecule has 0 aliphatic rings. The first-order chi connectivity index (χ1) is 7.49. The number of rotatable bonds is 4. The first kappa shape index (κ1) is 13.8. The number of hydrogen-bond donors (Lipinski definition) is 1. The van der Waals surface area contributed by atoms with Gasteiger partial charge in [-0.25, -0.2) is 0 Å². The minimum absolute atomic E-state index is 0.344. The average molecular weight is 260 g/mol. The topological polar surface area (TPSA) is 12.0 Å². The molecule has 0 saturated heterocycles. The van der Waals surface area contributed by atoms with Crippen molar-refractivity contribution in [2.24, 2.45) is 5.92 Å². The van der Waals surface area contributed by atoms with Crippen molar-refractivity contribution in [3.63, 3.8) is 0 Å². The molecule has 1 nitrogen and oxygen atoms in total. The molecule has 1 N–H and O–H groups in total. The van der Waals surface area contributed by atoms with Crippen LogP contribution in [0.5, 0.6) is 0 Å². The van der Waals surface area contributed by atoms with Gasteiger partial charge in [0.15, 0.2) is 0 Å². The van der Waals surface area contributed by atoms with Gasteiger partial charge in [0.05, 0.1) is 10.0 Å². The van der Waals surface area contributed by atoms with E-state index in [1.54, 1.807) is 0 Å². The van der Waals surface area contributed by atoms with E-state index in [1.807, 2.05) is 25.2 Å². The Morgan fingerprint density at radius 3 is 2.25 bits per heavy atom. The number of hydrogen-bond acceptors (Lipinski definition) is 1. The van der Waals surface area contributed by atoms with Crippen LogP contribution in [0.2, 0.25) is 10.0 Å². The van der Waals surface area contributed by atoms with E-state index in [-0.39, 0.29) is 0 Å². The van der Waals surface area contributed by atoms with Crippen LogP contribution in [0.3, 0.4) is 0 Å². The summed E-state index contributed by atoms with van der Waals surface area (Å²) in [6.07, 6.45) is 0. The zero-order chi connectivity index (χ0) is 12.3. The zero-order valence-electron chi connectivity index (χ0n) is 10.2. The number of halogens is 2. The maximum absolute atomic E-state index is 6.23. The van der Waals surface area contributed by atoms with E-state index in [0.717, 1.165) is 5.56 Å². The summed E-state index contributed by atoms with van der Waals surface area (Å²) in [5, 5.41) is 4.65. The van der Waals surface area contributed by atoms with Crippen molar-refractivity contribution in [1.29, 1.82) is 0 Å². The molecule has 1 aromatic carbocycles. The summed E-state index contributed by atoms with van der Waals surface area (Å²) in [5.41, 5.74) is 1.11. The largest absolute Gasteiger partial charge is 0.316 e. The van der Waals surface area contributed by atoms with Crippen LogP contribution in [0.15, 0.2) is 18.2 Å². The second kappa shape index (κ2) is 5.90. The molecule has 0 aliphatic carbocycles. The fourth-order valence-electron chi connectivity index (χ4n) is 2.23. The van der Waals surface area contributed by atoms with Crippen LogP contribution in [0, 0.1) is 5.92 Å². The van der Waals surface area contributed by atoms with Gasteiger partial charge < -0.3 is 5.32 Å². The summed E-state index contributed by atoms with van der Waals surface area (Å²) in [5.74, 6) is 0.895. The third-order valence-electron chi connectivity index (χ3n) is 3.06. The quantitative estimate of drug-likeness (QED) is 0.849. The van der Waals surface area contributed by atoms with Crippen molar-refractivity contribution in [2.45, 2.75) is 32.7 Å². The van der Waals surface area contributed by atoms with Crippen LogP contribution in [0.25, 0.3) is 0 Å². The molecular formula is C13H19Cl2N. The molecule has 0 saturated carbocycles. The molecule has 0 fully saturated rings.